The van der Waals surface area contributed by atoms with E-state index in [0.717, 1.165) is 5.75 Å². The monoisotopic (exact) mass is 205 g/mol. The smallest absolute Gasteiger partial charge is 0.323 e. The number of aliphatic carboxylic acids is 1. The van der Waals surface area contributed by atoms with Gasteiger partial charge in [0.2, 0.25) is 0 Å². The van der Waals surface area contributed by atoms with Crippen LogP contribution < -0.4 is 5.32 Å². The Hall–Kier alpha value is -0.220. The van der Waals surface area contributed by atoms with Gasteiger partial charge in [0.15, 0.2) is 0 Å². The first-order valence-corrected chi connectivity index (χ1v) is 5.55. The molecule has 0 fully saturated rings. The van der Waals surface area contributed by atoms with E-state index in [9.17, 15) is 4.79 Å². The quantitative estimate of drug-likeness (QED) is 0.691. The molecule has 2 unspecified atom stereocenters. The molecule has 2 atom stereocenters. The lowest BCUT2D eigenvalue weighted by atomic mass is 9.97. The summed E-state index contributed by atoms with van der Waals surface area (Å²) in [7, 11) is 1.69. The van der Waals surface area contributed by atoms with E-state index in [2.05, 4.69) is 19.2 Å². The van der Waals surface area contributed by atoms with Crippen LogP contribution in [0.25, 0.3) is 0 Å². The number of carboxylic acid groups (broad SMARTS) is 1. The molecule has 0 aliphatic heterocycles. The number of nitrogens with one attached hydrogen (secondary N) is 1. The Morgan fingerprint density at radius 2 is 2.23 bits per heavy atom. The van der Waals surface area contributed by atoms with Gasteiger partial charge < -0.3 is 10.4 Å². The van der Waals surface area contributed by atoms with E-state index >= 15 is 0 Å². The van der Waals surface area contributed by atoms with Crippen LogP contribution in [-0.4, -0.2) is 34.7 Å². The third-order valence-corrected chi connectivity index (χ3v) is 3.24. The van der Waals surface area contributed by atoms with Gasteiger partial charge >= 0.3 is 5.97 Å². The topological polar surface area (TPSA) is 49.3 Å². The van der Waals surface area contributed by atoms with Crippen LogP contribution >= 0.6 is 11.8 Å². The van der Waals surface area contributed by atoms with Gasteiger partial charge in [-0.2, -0.15) is 11.8 Å². The van der Waals surface area contributed by atoms with E-state index in [1.54, 1.807) is 25.7 Å². The zero-order chi connectivity index (χ0) is 10.5. The zero-order valence-corrected chi connectivity index (χ0v) is 9.57. The Kier molecular flexibility index (Phi) is 5.40. The normalized spacial score (nSPS) is 17.8. The summed E-state index contributed by atoms with van der Waals surface area (Å²) < 4.78 is 0. The van der Waals surface area contributed by atoms with Crippen molar-refractivity contribution in [3.8, 4) is 0 Å². The first-order valence-electron chi connectivity index (χ1n) is 4.50. The van der Waals surface area contributed by atoms with Crippen molar-refractivity contribution in [2.75, 3.05) is 12.8 Å². The van der Waals surface area contributed by atoms with E-state index < -0.39 is 11.5 Å². The van der Waals surface area contributed by atoms with Gasteiger partial charge in [0.25, 0.3) is 0 Å². The predicted molar refractivity (Wildman–Crippen MR) is 57.3 cm³/mol. The molecular weight excluding hydrogens is 186 g/mol. The average Bonchev–Trinajstić information content (AvgIpc) is 2.04. The van der Waals surface area contributed by atoms with E-state index in [0.29, 0.717) is 11.7 Å². The highest BCUT2D eigenvalue weighted by Crippen LogP contribution is 2.21. The van der Waals surface area contributed by atoms with Crippen LogP contribution in [0.2, 0.25) is 0 Å². The molecule has 0 aromatic rings. The van der Waals surface area contributed by atoms with Crippen molar-refractivity contribution in [1.29, 1.82) is 0 Å². The van der Waals surface area contributed by atoms with Gasteiger partial charge in [-0.3, -0.25) is 4.79 Å². The predicted octanol–water partition coefficient (Wildman–Crippen LogP) is 1.58. The van der Waals surface area contributed by atoms with E-state index in [-0.39, 0.29) is 0 Å². The van der Waals surface area contributed by atoms with Crippen LogP contribution in [0.15, 0.2) is 0 Å². The van der Waals surface area contributed by atoms with Crippen molar-refractivity contribution >= 4 is 17.7 Å². The second-order valence-electron chi connectivity index (χ2n) is 3.36. The summed E-state index contributed by atoms with van der Waals surface area (Å²) in [6.07, 6.45) is 0.650. The average molecular weight is 205 g/mol. The number of hydrogen-bond acceptors (Lipinski definition) is 3. The maximum Gasteiger partial charge on any atom is 0.323 e. The molecule has 0 aliphatic rings. The van der Waals surface area contributed by atoms with Crippen molar-refractivity contribution < 1.29 is 9.90 Å². The molecule has 13 heavy (non-hydrogen) atoms. The molecule has 0 radical (unpaired) electrons. The summed E-state index contributed by atoms with van der Waals surface area (Å²) in [5, 5.41) is 12.2. The third-order valence-electron chi connectivity index (χ3n) is 2.17. The van der Waals surface area contributed by atoms with Crippen molar-refractivity contribution in [2.45, 2.75) is 38.0 Å². The standard InChI is InChI=1S/C9H19NO2S/c1-5-13-7(2)6-9(3,10-4)8(11)12/h7,10H,5-6H2,1-4H3,(H,11,12). The van der Waals surface area contributed by atoms with E-state index in [4.69, 9.17) is 5.11 Å². The van der Waals surface area contributed by atoms with Crippen molar-refractivity contribution in [1.82, 2.24) is 5.32 Å². The van der Waals surface area contributed by atoms with Crippen LogP contribution in [0.4, 0.5) is 0 Å². The summed E-state index contributed by atoms with van der Waals surface area (Å²) in [6, 6.07) is 0. The number of hydrogen-bond donors (Lipinski definition) is 2. The first kappa shape index (κ1) is 12.8. The first-order chi connectivity index (χ1) is 5.96. The second-order valence-corrected chi connectivity index (χ2v) is 5.07. The highest BCUT2D eigenvalue weighted by molar-refractivity contribution is 7.99. The Bertz CT molecular complexity index is 175. The highest BCUT2D eigenvalue weighted by Gasteiger charge is 2.32. The van der Waals surface area contributed by atoms with Gasteiger partial charge in [0, 0.05) is 5.25 Å². The highest BCUT2D eigenvalue weighted by atomic mass is 32.2. The number of likely N-dealkylation sites (N-methyl/N-ethyl adjacent to an activating group) is 1. The maximum absolute atomic E-state index is 10.9. The fourth-order valence-electron chi connectivity index (χ4n) is 1.21. The summed E-state index contributed by atoms with van der Waals surface area (Å²) >= 11 is 1.79. The Morgan fingerprint density at radius 3 is 2.54 bits per heavy atom. The van der Waals surface area contributed by atoms with Gasteiger partial charge in [-0.05, 0) is 26.1 Å². The lowest BCUT2D eigenvalue weighted by Crippen LogP contribution is -2.49. The number of thioether (sulfide) groups is 1. The van der Waals surface area contributed by atoms with Crippen LogP contribution in [0.5, 0.6) is 0 Å². The summed E-state index contributed by atoms with van der Waals surface area (Å²) in [5.41, 5.74) is -0.790. The lowest BCUT2D eigenvalue weighted by molar-refractivity contribution is -0.144. The molecule has 0 saturated carbocycles. The van der Waals surface area contributed by atoms with Gasteiger partial charge in [-0.25, -0.2) is 0 Å². The van der Waals surface area contributed by atoms with Crippen LogP contribution in [0.3, 0.4) is 0 Å². The van der Waals surface area contributed by atoms with Gasteiger partial charge in [0.1, 0.15) is 5.54 Å². The van der Waals surface area contributed by atoms with Crippen LogP contribution in [-0.2, 0) is 4.79 Å². The molecule has 0 aromatic heterocycles. The number of rotatable bonds is 6. The zero-order valence-electron chi connectivity index (χ0n) is 8.76. The molecule has 0 aliphatic carbocycles. The summed E-state index contributed by atoms with van der Waals surface area (Å²) in [5.74, 6) is 0.249. The van der Waals surface area contributed by atoms with E-state index in [1.165, 1.54) is 0 Å². The minimum Gasteiger partial charge on any atom is -0.480 e. The molecule has 0 rings (SSSR count). The van der Waals surface area contributed by atoms with Gasteiger partial charge in [-0.15, -0.1) is 0 Å². The molecule has 0 aromatic carbocycles. The van der Waals surface area contributed by atoms with Gasteiger partial charge in [0.05, 0.1) is 0 Å². The van der Waals surface area contributed by atoms with Crippen LogP contribution in [0, 0.1) is 0 Å². The Morgan fingerprint density at radius 1 is 1.69 bits per heavy atom. The molecule has 0 bridgehead atoms. The molecular formula is C9H19NO2S. The minimum absolute atomic E-state index is 0.374. The SMILES string of the molecule is CCSC(C)CC(C)(NC)C(=O)O. The lowest BCUT2D eigenvalue weighted by Gasteiger charge is -2.27. The van der Waals surface area contributed by atoms with Crippen molar-refractivity contribution in [3.05, 3.63) is 0 Å². The molecule has 78 valence electrons. The maximum atomic E-state index is 10.9. The molecule has 4 heteroatoms. The van der Waals surface area contributed by atoms with Crippen molar-refractivity contribution in [2.24, 2.45) is 0 Å². The molecule has 0 saturated heterocycles. The second kappa shape index (κ2) is 5.50. The fourth-order valence-corrected chi connectivity index (χ4v) is 2.23. The molecule has 0 amide bonds. The minimum atomic E-state index is -0.790. The summed E-state index contributed by atoms with van der Waals surface area (Å²) in [6.45, 7) is 5.87. The largest absolute Gasteiger partial charge is 0.480 e. The fraction of sp³-hybridized carbons (Fsp3) is 0.889. The molecule has 0 spiro atoms. The molecule has 0 heterocycles. The van der Waals surface area contributed by atoms with Crippen molar-refractivity contribution in [3.63, 3.8) is 0 Å². The van der Waals surface area contributed by atoms with E-state index in [1.807, 2.05) is 0 Å². The molecule has 3 nitrogen and oxygen atoms in total. The summed E-state index contributed by atoms with van der Waals surface area (Å²) in [4.78, 5) is 10.9. The Balaban J connectivity index is 4.18. The third kappa shape index (κ3) is 4.00. The Labute approximate surface area is 84.3 Å². The molecule has 2 N–H and O–H groups in total. The number of carboxylic acids is 1. The van der Waals surface area contributed by atoms with Crippen LogP contribution in [0.1, 0.15) is 27.2 Å². The van der Waals surface area contributed by atoms with Gasteiger partial charge in [-0.1, -0.05) is 13.8 Å². The number of carbonyl (C=O) groups is 1.